The van der Waals surface area contributed by atoms with Crippen molar-refractivity contribution in [2.45, 2.75) is 0 Å². The number of aliphatic imine (C=N–C) groups is 1. The fourth-order valence-electron chi connectivity index (χ4n) is 2.37. The maximum absolute atomic E-state index is 12.2. The number of esters is 1. The molecule has 0 saturated heterocycles. The number of cyclic esters (lactones) is 1. The van der Waals surface area contributed by atoms with Gasteiger partial charge in [-0.2, -0.15) is 0 Å². The van der Waals surface area contributed by atoms with Crippen LogP contribution in [0.5, 0.6) is 5.75 Å². The first-order valence-corrected chi connectivity index (χ1v) is 9.26. The zero-order chi connectivity index (χ0) is 19.7. The number of methoxy groups -OCH3 is 1. The van der Waals surface area contributed by atoms with Gasteiger partial charge in [0.25, 0.3) is 5.69 Å². The standard InChI is InChI=1S/C17H9Br2ClN2O5/c1-26-15-8(4-9(18)6-12(15)19)5-14-17(23)27-16(21-14)11-3-2-10(22(24)25)7-13(11)20/h2-7H,1H3/b14-5-. The summed E-state index contributed by atoms with van der Waals surface area (Å²) in [5.74, 6) is -0.174. The van der Waals surface area contributed by atoms with Crippen molar-refractivity contribution in [1.82, 2.24) is 0 Å². The lowest BCUT2D eigenvalue weighted by atomic mass is 10.1. The second-order valence-electron chi connectivity index (χ2n) is 5.27. The second-order valence-corrected chi connectivity index (χ2v) is 7.44. The number of carbonyl (C=O) groups excluding carboxylic acids is 1. The molecule has 0 saturated carbocycles. The van der Waals surface area contributed by atoms with E-state index >= 15 is 0 Å². The van der Waals surface area contributed by atoms with Crippen molar-refractivity contribution in [2.75, 3.05) is 7.11 Å². The fourth-order valence-corrected chi connectivity index (χ4v) is 4.04. The number of nitro groups is 1. The second kappa shape index (κ2) is 7.79. The largest absolute Gasteiger partial charge is 0.495 e. The van der Waals surface area contributed by atoms with Crippen molar-refractivity contribution >= 4 is 67.1 Å². The number of nitro benzene ring substituents is 1. The van der Waals surface area contributed by atoms with E-state index in [4.69, 9.17) is 21.1 Å². The summed E-state index contributed by atoms with van der Waals surface area (Å²) in [4.78, 5) is 26.6. The van der Waals surface area contributed by atoms with Gasteiger partial charge in [-0.15, -0.1) is 0 Å². The quantitative estimate of drug-likeness (QED) is 0.243. The molecule has 0 aliphatic carbocycles. The van der Waals surface area contributed by atoms with E-state index in [1.54, 1.807) is 12.1 Å². The summed E-state index contributed by atoms with van der Waals surface area (Å²) in [6.07, 6.45) is 1.52. The van der Waals surface area contributed by atoms with E-state index in [1.165, 1.54) is 31.4 Å². The van der Waals surface area contributed by atoms with E-state index in [2.05, 4.69) is 36.9 Å². The molecule has 27 heavy (non-hydrogen) atoms. The van der Waals surface area contributed by atoms with Gasteiger partial charge in [0.1, 0.15) is 5.75 Å². The number of non-ortho nitro benzene ring substituents is 1. The van der Waals surface area contributed by atoms with Gasteiger partial charge in [0, 0.05) is 22.2 Å². The highest BCUT2D eigenvalue weighted by Crippen LogP contribution is 2.35. The minimum Gasteiger partial charge on any atom is -0.495 e. The Kier molecular flexibility index (Phi) is 5.64. The Bertz CT molecular complexity index is 1040. The highest BCUT2D eigenvalue weighted by Gasteiger charge is 2.27. The van der Waals surface area contributed by atoms with Crippen LogP contribution >= 0.6 is 43.5 Å². The smallest absolute Gasteiger partial charge is 0.363 e. The Balaban J connectivity index is 2.03. The molecule has 3 rings (SSSR count). The van der Waals surface area contributed by atoms with Crippen molar-refractivity contribution in [2.24, 2.45) is 4.99 Å². The number of benzene rings is 2. The van der Waals surface area contributed by atoms with Gasteiger partial charge in [-0.05, 0) is 40.2 Å². The molecule has 1 aliphatic heterocycles. The zero-order valence-electron chi connectivity index (χ0n) is 13.5. The summed E-state index contributed by atoms with van der Waals surface area (Å²) in [7, 11) is 1.51. The van der Waals surface area contributed by atoms with Gasteiger partial charge in [-0.25, -0.2) is 9.79 Å². The van der Waals surface area contributed by atoms with Gasteiger partial charge >= 0.3 is 5.97 Å². The average molecular weight is 517 g/mol. The third-order valence-electron chi connectivity index (χ3n) is 3.55. The lowest BCUT2D eigenvalue weighted by Gasteiger charge is -2.08. The molecule has 7 nitrogen and oxygen atoms in total. The lowest BCUT2D eigenvalue weighted by Crippen LogP contribution is -2.06. The molecule has 0 unspecified atom stereocenters. The van der Waals surface area contributed by atoms with Crippen LogP contribution in [0.15, 0.2) is 50.0 Å². The number of nitrogens with zero attached hydrogens (tertiary/aromatic N) is 2. The van der Waals surface area contributed by atoms with Crippen LogP contribution in [0.25, 0.3) is 6.08 Å². The highest BCUT2D eigenvalue weighted by atomic mass is 79.9. The summed E-state index contributed by atoms with van der Waals surface area (Å²) in [6, 6.07) is 7.37. The van der Waals surface area contributed by atoms with Crippen LogP contribution < -0.4 is 4.74 Å². The molecule has 1 aliphatic rings. The summed E-state index contributed by atoms with van der Waals surface area (Å²) < 4.78 is 12.0. The number of halogens is 3. The van der Waals surface area contributed by atoms with Crippen molar-refractivity contribution in [1.29, 1.82) is 0 Å². The number of hydrogen-bond acceptors (Lipinski definition) is 6. The number of hydrogen-bond donors (Lipinski definition) is 0. The predicted octanol–water partition coefficient (Wildman–Crippen LogP) is 5.13. The Morgan fingerprint density at radius 1 is 1.30 bits per heavy atom. The van der Waals surface area contributed by atoms with Gasteiger partial charge in [0.2, 0.25) is 5.90 Å². The molecule has 0 atom stereocenters. The topological polar surface area (TPSA) is 91.0 Å². The summed E-state index contributed by atoms with van der Waals surface area (Å²) in [5.41, 5.74) is 0.753. The van der Waals surface area contributed by atoms with Gasteiger partial charge in [-0.1, -0.05) is 27.5 Å². The first kappa shape index (κ1) is 19.5. The first-order valence-electron chi connectivity index (χ1n) is 7.30. The minimum absolute atomic E-state index is 0.0285. The van der Waals surface area contributed by atoms with Crippen LogP contribution in [-0.4, -0.2) is 23.9 Å². The van der Waals surface area contributed by atoms with E-state index < -0.39 is 10.9 Å². The molecule has 2 aromatic rings. The maximum atomic E-state index is 12.2. The first-order chi connectivity index (χ1) is 12.8. The van der Waals surface area contributed by atoms with Gasteiger partial charge in [0.15, 0.2) is 5.70 Å². The van der Waals surface area contributed by atoms with Crippen LogP contribution in [0, 0.1) is 10.1 Å². The monoisotopic (exact) mass is 514 g/mol. The summed E-state index contributed by atoms with van der Waals surface area (Å²) in [6.45, 7) is 0. The van der Waals surface area contributed by atoms with Crippen LogP contribution in [0.4, 0.5) is 5.69 Å². The molecular formula is C17H9Br2ClN2O5. The third-order valence-corrected chi connectivity index (χ3v) is 4.91. The highest BCUT2D eigenvalue weighted by molar-refractivity contribution is 9.11. The van der Waals surface area contributed by atoms with Crippen molar-refractivity contribution in [3.63, 3.8) is 0 Å². The third kappa shape index (κ3) is 4.05. The van der Waals surface area contributed by atoms with Gasteiger partial charge in [0.05, 0.1) is 27.1 Å². The molecule has 0 N–H and O–H groups in total. The summed E-state index contributed by atoms with van der Waals surface area (Å²) in [5, 5.41) is 10.9. The molecule has 1 heterocycles. The normalized spacial score (nSPS) is 14.9. The molecular weight excluding hydrogens is 507 g/mol. The number of ether oxygens (including phenoxy) is 2. The van der Waals surface area contributed by atoms with Gasteiger partial charge in [-0.3, -0.25) is 10.1 Å². The lowest BCUT2D eigenvalue weighted by molar-refractivity contribution is -0.384. The Morgan fingerprint density at radius 2 is 2.04 bits per heavy atom. The minimum atomic E-state index is -0.669. The molecule has 0 bridgehead atoms. The Labute approximate surface area is 175 Å². The van der Waals surface area contributed by atoms with Crippen LogP contribution in [0.1, 0.15) is 11.1 Å². The van der Waals surface area contributed by atoms with Crippen LogP contribution in [-0.2, 0) is 9.53 Å². The molecule has 2 aromatic carbocycles. The van der Waals surface area contributed by atoms with E-state index in [0.29, 0.717) is 15.8 Å². The number of carbonyl (C=O) groups is 1. The number of rotatable bonds is 4. The van der Waals surface area contributed by atoms with Gasteiger partial charge < -0.3 is 9.47 Å². The molecule has 0 aromatic heterocycles. The molecule has 10 heteroatoms. The van der Waals surface area contributed by atoms with E-state index in [-0.39, 0.29) is 27.9 Å². The summed E-state index contributed by atoms with van der Waals surface area (Å²) >= 11 is 12.8. The predicted molar refractivity (Wildman–Crippen MR) is 107 cm³/mol. The zero-order valence-corrected chi connectivity index (χ0v) is 17.5. The average Bonchev–Trinajstić information content (AvgIpc) is 2.94. The SMILES string of the molecule is COc1c(Br)cc(Br)cc1/C=C1\N=C(c2ccc([N+](=O)[O-])cc2Cl)OC1=O. The van der Waals surface area contributed by atoms with Crippen molar-refractivity contribution in [3.8, 4) is 5.75 Å². The van der Waals surface area contributed by atoms with Crippen LogP contribution in [0.3, 0.4) is 0 Å². The molecule has 0 spiro atoms. The van der Waals surface area contributed by atoms with Crippen molar-refractivity contribution < 1.29 is 19.2 Å². The molecule has 0 amide bonds. The van der Waals surface area contributed by atoms with E-state index in [0.717, 1.165) is 4.47 Å². The van der Waals surface area contributed by atoms with E-state index in [1.807, 2.05) is 0 Å². The van der Waals surface area contributed by atoms with E-state index in [9.17, 15) is 14.9 Å². The molecule has 0 fully saturated rings. The molecule has 0 radical (unpaired) electrons. The Hall–Kier alpha value is -2.23. The maximum Gasteiger partial charge on any atom is 0.363 e. The molecule has 138 valence electrons. The Morgan fingerprint density at radius 3 is 2.67 bits per heavy atom. The fraction of sp³-hybridized carbons (Fsp3) is 0.0588. The van der Waals surface area contributed by atoms with Crippen LogP contribution in [0.2, 0.25) is 5.02 Å². The van der Waals surface area contributed by atoms with Crippen molar-refractivity contribution in [3.05, 3.63) is 71.2 Å².